The third-order valence-corrected chi connectivity index (χ3v) is 5.88. The van der Waals surface area contributed by atoms with E-state index in [9.17, 15) is 9.59 Å². The number of carbonyl (C=O) groups excluding carboxylic acids is 2. The number of hydrogen-bond acceptors (Lipinski definition) is 5. The van der Waals surface area contributed by atoms with Crippen molar-refractivity contribution in [2.45, 2.75) is 65.1 Å². The smallest absolute Gasteiger partial charge is 0.410 e. The summed E-state index contributed by atoms with van der Waals surface area (Å²) in [5.74, 6) is -0.0302. The number of carbonyl (C=O) groups is 2. The third kappa shape index (κ3) is 4.51. The molecule has 0 saturated carbocycles. The van der Waals surface area contributed by atoms with Crippen molar-refractivity contribution in [1.29, 1.82) is 0 Å². The van der Waals surface area contributed by atoms with Crippen LogP contribution in [0.4, 0.5) is 4.79 Å². The Bertz CT molecular complexity index is 977. The van der Waals surface area contributed by atoms with Gasteiger partial charge in [0.05, 0.1) is 36.7 Å². The Morgan fingerprint density at radius 2 is 1.77 bits per heavy atom. The summed E-state index contributed by atoms with van der Waals surface area (Å²) < 4.78 is 13.2. The molecule has 2 saturated heterocycles. The molecule has 0 aliphatic carbocycles. The lowest BCUT2D eigenvalue weighted by Crippen LogP contribution is -2.60. The van der Waals surface area contributed by atoms with Crippen LogP contribution in [0.3, 0.4) is 0 Å². The van der Waals surface area contributed by atoms with Gasteiger partial charge in [-0.05, 0) is 65.7 Å². The summed E-state index contributed by atoms with van der Waals surface area (Å²) in [6.45, 7) is 10.4. The van der Waals surface area contributed by atoms with Gasteiger partial charge in [-0.3, -0.25) is 9.69 Å². The molecule has 2 unspecified atom stereocenters. The van der Waals surface area contributed by atoms with Gasteiger partial charge in [0.1, 0.15) is 5.60 Å². The van der Waals surface area contributed by atoms with E-state index in [1.165, 1.54) is 0 Å². The quantitative estimate of drug-likeness (QED) is 0.693. The second-order valence-electron chi connectivity index (χ2n) is 9.65. The number of aryl methyl sites for hydroxylation is 2. The molecule has 0 spiro atoms. The maximum atomic E-state index is 13.4. The Labute approximate surface area is 183 Å². The monoisotopic (exact) mass is 425 g/mol. The highest BCUT2D eigenvalue weighted by atomic mass is 16.6. The highest BCUT2D eigenvalue weighted by molar-refractivity contribution is 5.98. The lowest BCUT2D eigenvalue weighted by Gasteiger charge is -2.47. The van der Waals surface area contributed by atoms with E-state index in [4.69, 9.17) is 9.47 Å². The summed E-state index contributed by atoms with van der Waals surface area (Å²) >= 11 is 0. The molecule has 1 aromatic heterocycles. The predicted molar refractivity (Wildman–Crippen MR) is 117 cm³/mol. The SMILES string of the molecule is Cc1cc(C)n(-c2cccc(C(=O)C3CC4COCC(C3)N4C(=O)OC(C)(C)C)c2)n1. The number of benzene rings is 1. The molecule has 3 heterocycles. The largest absolute Gasteiger partial charge is 0.444 e. The van der Waals surface area contributed by atoms with Crippen LogP contribution in [0.5, 0.6) is 0 Å². The van der Waals surface area contributed by atoms with Crippen molar-refractivity contribution in [1.82, 2.24) is 14.7 Å². The van der Waals surface area contributed by atoms with E-state index >= 15 is 0 Å². The van der Waals surface area contributed by atoms with Crippen molar-refractivity contribution < 1.29 is 19.1 Å². The van der Waals surface area contributed by atoms with Crippen LogP contribution >= 0.6 is 0 Å². The normalized spacial score (nSPS) is 23.5. The minimum atomic E-state index is -0.553. The van der Waals surface area contributed by atoms with Crippen LogP contribution in [0.2, 0.25) is 0 Å². The van der Waals surface area contributed by atoms with Gasteiger partial charge in [-0.15, -0.1) is 0 Å². The molecule has 2 aliphatic heterocycles. The van der Waals surface area contributed by atoms with Gasteiger partial charge < -0.3 is 9.47 Å². The Morgan fingerprint density at radius 3 is 2.35 bits per heavy atom. The summed E-state index contributed by atoms with van der Waals surface area (Å²) in [6, 6.07) is 9.37. The van der Waals surface area contributed by atoms with Crippen molar-refractivity contribution in [3.8, 4) is 5.69 Å². The van der Waals surface area contributed by atoms with E-state index in [0.29, 0.717) is 31.6 Å². The maximum absolute atomic E-state index is 13.4. The highest BCUT2D eigenvalue weighted by Crippen LogP contribution is 2.35. The van der Waals surface area contributed by atoms with Crippen molar-refractivity contribution in [3.63, 3.8) is 0 Å². The van der Waals surface area contributed by atoms with Gasteiger partial charge in [0.15, 0.2) is 5.78 Å². The van der Waals surface area contributed by atoms with Crippen molar-refractivity contribution in [3.05, 3.63) is 47.3 Å². The molecule has 0 radical (unpaired) electrons. The first-order valence-electron chi connectivity index (χ1n) is 10.9. The zero-order chi connectivity index (χ0) is 22.3. The summed E-state index contributed by atoms with van der Waals surface area (Å²) in [4.78, 5) is 28.0. The number of rotatable bonds is 3. The number of hydrogen-bond donors (Lipinski definition) is 0. The highest BCUT2D eigenvalue weighted by Gasteiger charge is 2.45. The van der Waals surface area contributed by atoms with Crippen LogP contribution in [0, 0.1) is 19.8 Å². The van der Waals surface area contributed by atoms with E-state index in [1.807, 2.05) is 69.6 Å². The van der Waals surface area contributed by atoms with E-state index in [-0.39, 0.29) is 29.9 Å². The molecule has 166 valence electrons. The van der Waals surface area contributed by atoms with Crippen molar-refractivity contribution in [2.24, 2.45) is 5.92 Å². The molecule has 2 fully saturated rings. The number of amides is 1. The van der Waals surface area contributed by atoms with Crippen molar-refractivity contribution >= 4 is 11.9 Å². The first-order chi connectivity index (χ1) is 14.6. The van der Waals surface area contributed by atoms with Crippen LogP contribution < -0.4 is 0 Å². The van der Waals surface area contributed by atoms with E-state index < -0.39 is 5.60 Å². The first-order valence-corrected chi connectivity index (χ1v) is 10.9. The minimum Gasteiger partial charge on any atom is -0.444 e. The molecule has 2 bridgehead atoms. The van der Waals surface area contributed by atoms with Gasteiger partial charge in [0, 0.05) is 17.2 Å². The van der Waals surface area contributed by atoms with Gasteiger partial charge in [-0.25, -0.2) is 9.48 Å². The average Bonchev–Trinajstić information content (AvgIpc) is 3.03. The lowest BCUT2D eigenvalue weighted by atomic mass is 9.81. The number of nitrogens with zero attached hydrogens (tertiary/aromatic N) is 3. The third-order valence-electron chi connectivity index (χ3n) is 5.88. The van der Waals surface area contributed by atoms with Gasteiger partial charge >= 0.3 is 6.09 Å². The van der Waals surface area contributed by atoms with Crippen LogP contribution in [-0.4, -0.2) is 57.5 Å². The fourth-order valence-electron chi connectivity index (χ4n) is 4.66. The summed E-state index contributed by atoms with van der Waals surface area (Å²) in [5.41, 5.74) is 2.98. The fourth-order valence-corrected chi connectivity index (χ4v) is 4.66. The number of ether oxygens (including phenoxy) is 2. The molecule has 2 aromatic rings. The van der Waals surface area contributed by atoms with Crippen LogP contribution in [0.15, 0.2) is 30.3 Å². The number of aromatic nitrogens is 2. The zero-order valence-electron chi connectivity index (χ0n) is 18.9. The van der Waals surface area contributed by atoms with E-state index in [0.717, 1.165) is 17.1 Å². The van der Waals surface area contributed by atoms with E-state index in [2.05, 4.69) is 5.10 Å². The fraction of sp³-hybridized carbons (Fsp3) is 0.542. The zero-order valence-corrected chi connectivity index (χ0v) is 18.9. The molecule has 1 amide bonds. The molecule has 0 N–H and O–H groups in total. The van der Waals surface area contributed by atoms with Gasteiger partial charge in [0.25, 0.3) is 0 Å². The summed E-state index contributed by atoms with van der Waals surface area (Å²) in [6.07, 6.45) is 0.848. The maximum Gasteiger partial charge on any atom is 0.410 e. The summed E-state index contributed by atoms with van der Waals surface area (Å²) in [7, 11) is 0. The number of Topliss-reactive ketones (excluding diaryl/α,β-unsaturated/α-hetero) is 1. The Kier molecular flexibility index (Phi) is 5.64. The van der Waals surface area contributed by atoms with Crippen LogP contribution in [-0.2, 0) is 9.47 Å². The lowest BCUT2D eigenvalue weighted by molar-refractivity contribution is -0.0861. The second kappa shape index (κ2) is 8.11. The minimum absolute atomic E-state index is 0.115. The van der Waals surface area contributed by atoms with Gasteiger partial charge in [-0.2, -0.15) is 5.10 Å². The Morgan fingerprint density at radius 1 is 1.10 bits per heavy atom. The number of fused-ring (bicyclic) bond motifs is 2. The molecule has 7 heteroatoms. The topological polar surface area (TPSA) is 73.7 Å². The first kappa shape index (κ1) is 21.6. The average molecular weight is 426 g/mol. The molecule has 7 nitrogen and oxygen atoms in total. The molecule has 2 aliphatic rings. The van der Waals surface area contributed by atoms with Crippen LogP contribution in [0.1, 0.15) is 55.4 Å². The summed E-state index contributed by atoms with van der Waals surface area (Å²) in [5, 5.41) is 4.53. The Hall–Kier alpha value is -2.67. The Balaban J connectivity index is 1.53. The molecule has 2 atom stereocenters. The van der Waals surface area contributed by atoms with Gasteiger partial charge in [0.2, 0.25) is 0 Å². The van der Waals surface area contributed by atoms with Crippen LogP contribution in [0.25, 0.3) is 5.69 Å². The standard InChI is InChI=1S/C24H31N3O4/c1-15-9-16(2)27(25-15)19-8-6-7-17(10-19)22(28)18-11-20-13-30-14-21(12-18)26(20)23(29)31-24(3,4)5/h6-10,18,20-21H,11-14H2,1-5H3. The molecular formula is C24H31N3O4. The van der Waals surface area contributed by atoms with E-state index in [1.54, 1.807) is 4.90 Å². The van der Waals surface area contributed by atoms with Crippen molar-refractivity contribution in [2.75, 3.05) is 13.2 Å². The molecule has 1 aromatic carbocycles. The van der Waals surface area contributed by atoms with Gasteiger partial charge in [-0.1, -0.05) is 12.1 Å². The number of morpholine rings is 1. The predicted octanol–water partition coefficient (Wildman–Crippen LogP) is 4.09. The molecule has 4 rings (SSSR count). The number of piperidine rings is 1. The number of ketones is 1. The molecular weight excluding hydrogens is 394 g/mol. The molecule has 31 heavy (non-hydrogen) atoms. The second-order valence-corrected chi connectivity index (χ2v) is 9.65.